The highest BCUT2D eigenvalue weighted by molar-refractivity contribution is 5.79. The van der Waals surface area contributed by atoms with Gasteiger partial charge in [0.1, 0.15) is 6.54 Å². The zero-order valence-corrected chi connectivity index (χ0v) is 18.1. The molecule has 170 valence electrons. The van der Waals surface area contributed by atoms with Crippen molar-refractivity contribution in [3.63, 3.8) is 0 Å². The SMILES string of the molecule is O=C(Cn1c(=O)oc2ccccc21)N1CCC(OCCc2noc(-c3ccccc3)n2)CC1. The van der Waals surface area contributed by atoms with Crippen molar-refractivity contribution in [3.05, 3.63) is 71.0 Å². The molecule has 2 aromatic carbocycles. The molecular formula is C24H24N4O5. The normalized spacial score (nSPS) is 14.7. The summed E-state index contributed by atoms with van der Waals surface area (Å²) in [7, 11) is 0. The van der Waals surface area contributed by atoms with Crippen LogP contribution in [0.2, 0.25) is 0 Å². The highest BCUT2D eigenvalue weighted by Crippen LogP contribution is 2.18. The monoisotopic (exact) mass is 448 g/mol. The quantitative estimate of drug-likeness (QED) is 0.428. The first-order valence-electron chi connectivity index (χ1n) is 11.0. The van der Waals surface area contributed by atoms with Gasteiger partial charge in [0.05, 0.1) is 18.2 Å². The molecule has 0 spiro atoms. The Balaban J connectivity index is 1.08. The lowest BCUT2D eigenvalue weighted by Crippen LogP contribution is -2.43. The fourth-order valence-electron chi connectivity index (χ4n) is 4.04. The van der Waals surface area contributed by atoms with Gasteiger partial charge in [-0.25, -0.2) is 4.79 Å². The van der Waals surface area contributed by atoms with Crippen molar-refractivity contribution in [1.82, 2.24) is 19.6 Å². The number of hydrogen-bond acceptors (Lipinski definition) is 7. The maximum Gasteiger partial charge on any atom is 0.420 e. The van der Waals surface area contributed by atoms with Crippen molar-refractivity contribution < 1.29 is 18.5 Å². The van der Waals surface area contributed by atoms with Crippen molar-refractivity contribution in [3.8, 4) is 11.5 Å². The molecule has 1 fully saturated rings. The topological polar surface area (TPSA) is 104 Å². The van der Waals surface area contributed by atoms with Gasteiger partial charge in [-0.05, 0) is 37.1 Å². The van der Waals surface area contributed by atoms with Crippen molar-refractivity contribution in [2.45, 2.75) is 31.9 Å². The molecule has 1 aliphatic rings. The number of para-hydroxylation sites is 2. The fraction of sp³-hybridized carbons (Fsp3) is 0.333. The Morgan fingerprint density at radius 2 is 1.82 bits per heavy atom. The molecule has 0 aliphatic carbocycles. The largest absolute Gasteiger partial charge is 0.420 e. The Morgan fingerprint density at radius 1 is 1.06 bits per heavy atom. The molecule has 0 radical (unpaired) electrons. The number of amides is 1. The summed E-state index contributed by atoms with van der Waals surface area (Å²) in [6.45, 7) is 1.65. The number of benzene rings is 2. The summed E-state index contributed by atoms with van der Waals surface area (Å²) in [6, 6.07) is 16.7. The van der Waals surface area contributed by atoms with E-state index < -0.39 is 5.76 Å². The summed E-state index contributed by atoms with van der Waals surface area (Å²) < 4.78 is 17.9. The zero-order chi connectivity index (χ0) is 22.6. The fourth-order valence-corrected chi connectivity index (χ4v) is 4.04. The number of hydrogen-bond donors (Lipinski definition) is 0. The zero-order valence-electron chi connectivity index (χ0n) is 18.1. The minimum Gasteiger partial charge on any atom is -0.408 e. The Kier molecular flexibility index (Phi) is 6.03. The van der Waals surface area contributed by atoms with E-state index in [0.29, 0.717) is 48.9 Å². The van der Waals surface area contributed by atoms with Gasteiger partial charge in [-0.1, -0.05) is 35.5 Å². The van der Waals surface area contributed by atoms with Gasteiger partial charge >= 0.3 is 5.76 Å². The van der Waals surface area contributed by atoms with E-state index >= 15 is 0 Å². The summed E-state index contributed by atoms with van der Waals surface area (Å²) in [6.07, 6.45) is 2.13. The highest BCUT2D eigenvalue weighted by Gasteiger charge is 2.24. The average molecular weight is 448 g/mol. The lowest BCUT2D eigenvalue weighted by atomic mass is 10.1. The van der Waals surface area contributed by atoms with Crippen molar-refractivity contribution in [2.24, 2.45) is 0 Å². The number of fused-ring (bicyclic) bond motifs is 1. The van der Waals surface area contributed by atoms with Crippen LogP contribution < -0.4 is 5.76 Å². The van der Waals surface area contributed by atoms with Crippen LogP contribution in [0, 0.1) is 0 Å². The van der Waals surface area contributed by atoms with Gasteiger partial charge in [-0.15, -0.1) is 0 Å². The molecular weight excluding hydrogens is 424 g/mol. The Hall–Kier alpha value is -3.72. The van der Waals surface area contributed by atoms with Crippen LogP contribution in [0.15, 0.2) is 68.3 Å². The molecule has 2 aromatic heterocycles. The number of ether oxygens (including phenoxy) is 1. The van der Waals surface area contributed by atoms with E-state index in [1.54, 1.807) is 23.1 Å². The van der Waals surface area contributed by atoms with E-state index in [4.69, 9.17) is 13.7 Å². The van der Waals surface area contributed by atoms with Gasteiger partial charge in [-0.2, -0.15) is 4.98 Å². The maximum absolute atomic E-state index is 12.7. The molecule has 5 rings (SSSR count). The molecule has 1 aliphatic heterocycles. The molecule has 1 amide bonds. The number of piperidine rings is 1. The summed E-state index contributed by atoms with van der Waals surface area (Å²) in [4.78, 5) is 31.1. The predicted molar refractivity (Wildman–Crippen MR) is 119 cm³/mol. The van der Waals surface area contributed by atoms with Crippen LogP contribution in [0.3, 0.4) is 0 Å². The second-order valence-corrected chi connectivity index (χ2v) is 8.00. The first-order valence-corrected chi connectivity index (χ1v) is 11.0. The molecule has 0 unspecified atom stereocenters. The van der Waals surface area contributed by atoms with Gasteiger partial charge in [-0.3, -0.25) is 9.36 Å². The molecule has 9 nitrogen and oxygen atoms in total. The van der Waals surface area contributed by atoms with E-state index in [2.05, 4.69) is 10.1 Å². The van der Waals surface area contributed by atoms with Gasteiger partial charge in [0.2, 0.25) is 5.91 Å². The average Bonchev–Trinajstić information content (AvgIpc) is 3.45. The molecule has 0 bridgehead atoms. The smallest absolute Gasteiger partial charge is 0.408 e. The number of aromatic nitrogens is 3. The first kappa shape index (κ1) is 21.1. The van der Waals surface area contributed by atoms with E-state index in [1.807, 2.05) is 36.4 Å². The van der Waals surface area contributed by atoms with Crippen LogP contribution in [0.4, 0.5) is 0 Å². The predicted octanol–water partition coefficient (Wildman–Crippen LogP) is 2.89. The van der Waals surface area contributed by atoms with E-state index in [0.717, 1.165) is 18.4 Å². The van der Waals surface area contributed by atoms with Gasteiger partial charge < -0.3 is 18.6 Å². The van der Waals surface area contributed by atoms with Crippen molar-refractivity contribution in [2.75, 3.05) is 19.7 Å². The van der Waals surface area contributed by atoms with Crippen molar-refractivity contribution >= 4 is 17.0 Å². The van der Waals surface area contributed by atoms with Crippen molar-refractivity contribution in [1.29, 1.82) is 0 Å². The van der Waals surface area contributed by atoms with Crippen LogP contribution in [0.5, 0.6) is 0 Å². The van der Waals surface area contributed by atoms with Crippen LogP contribution >= 0.6 is 0 Å². The van der Waals surface area contributed by atoms with Gasteiger partial charge in [0.25, 0.3) is 5.89 Å². The number of rotatable bonds is 7. The molecule has 0 N–H and O–H groups in total. The number of oxazole rings is 1. The molecule has 1 saturated heterocycles. The Labute approximate surface area is 189 Å². The maximum atomic E-state index is 12.7. The molecule has 0 atom stereocenters. The molecule has 9 heteroatoms. The number of carbonyl (C=O) groups excluding carboxylic acids is 1. The highest BCUT2D eigenvalue weighted by atomic mass is 16.5. The van der Waals surface area contributed by atoms with E-state index in [-0.39, 0.29) is 18.6 Å². The standard InChI is InChI=1S/C24H24N4O5/c29-22(16-28-19-8-4-5-9-20(19)32-24(28)30)27-13-10-18(11-14-27)31-15-12-21-25-23(33-26-21)17-6-2-1-3-7-17/h1-9,18H,10-16H2. The Bertz CT molecular complexity index is 1280. The third kappa shape index (κ3) is 4.73. The van der Waals surface area contributed by atoms with Crippen LogP contribution in [0.25, 0.3) is 22.6 Å². The minimum absolute atomic E-state index is 0.0249. The van der Waals surface area contributed by atoms with Crippen LogP contribution in [-0.2, 0) is 22.5 Å². The molecule has 33 heavy (non-hydrogen) atoms. The molecule has 4 aromatic rings. The third-order valence-electron chi connectivity index (χ3n) is 5.83. The summed E-state index contributed by atoms with van der Waals surface area (Å²) in [5.41, 5.74) is 2.01. The van der Waals surface area contributed by atoms with E-state index in [1.165, 1.54) is 4.57 Å². The molecule has 3 heterocycles. The first-order chi connectivity index (χ1) is 16.2. The number of carbonyl (C=O) groups is 1. The summed E-state index contributed by atoms with van der Waals surface area (Å²) in [5, 5.41) is 4.02. The summed E-state index contributed by atoms with van der Waals surface area (Å²) in [5.74, 6) is 0.503. The summed E-state index contributed by atoms with van der Waals surface area (Å²) >= 11 is 0. The van der Waals surface area contributed by atoms with Gasteiger partial charge in [0.15, 0.2) is 11.4 Å². The van der Waals surface area contributed by atoms with Crippen LogP contribution in [-0.4, -0.2) is 51.3 Å². The Morgan fingerprint density at radius 3 is 2.64 bits per heavy atom. The second-order valence-electron chi connectivity index (χ2n) is 8.00. The number of likely N-dealkylation sites (tertiary alicyclic amines) is 1. The lowest BCUT2D eigenvalue weighted by Gasteiger charge is -2.32. The third-order valence-corrected chi connectivity index (χ3v) is 5.83. The lowest BCUT2D eigenvalue weighted by molar-refractivity contribution is -0.134. The van der Waals surface area contributed by atoms with E-state index in [9.17, 15) is 9.59 Å². The second kappa shape index (κ2) is 9.41. The molecule has 0 saturated carbocycles. The van der Waals surface area contributed by atoms with Gasteiger partial charge in [0, 0.05) is 25.1 Å². The number of nitrogens with zero attached hydrogens (tertiary/aromatic N) is 4. The van der Waals surface area contributed by atoms with Crippen LogP contribution in [0.1, 0.15) is 18.7 Å². The minimum atomic E-state index is -0.514.